The first kappa shape index (κ1) is 20.0. The van der Waals surface area contributed by atoms with Gasteiger partial charge in [-0.1, -0.05) is 30.3 Å². The maximum Gasteiger partial charge on any atom is 0.294 e. The molecular formula is C23H19FN2O3S. The Balaban J connectivity index is 1.93. The van der Waals surface area contributed by atoms with Gasteiger partial charge in [0, 0.05) is 11.3 Å². The average molecular weight is 422 g/mol. The van der Waals surface area contributed by atoms with Crippen molar-refractivity contribution < 1.29 is 19.1 Å². The van der Waals surface area contributed by atoms with Crippen molar-refractivity contribution in [1.82, 2.24) is 4.98 Å². The zero-order valence-corrected chi connectivity index (χ0v) is 17.5. The van der Waals surface area contributed by atoms with Crippen LogP contribution in [0.1, 0.15) is 37.5 Å². The molecule has 0 aliphatic carbocycles. The minimum atomic E-state index is -1.09. The fraction of sp³-hybridized carbons (Fsp3) is 0.174. The van der Waals surface area contributed by atoms with Gasteiger partial charge in [-0.25, -0.2) is 9.37 Å². The second-order valence-electron chi connectivity index (χ2n) is 7.18. The molecule has 0 saturated heterocycles. The first-order valence-electron chi connectivity index (χ1n) is 9.36. The van der Waals surface area contributed by atoms with Gasteiger partial charge in [0.05, 0.1) is 27.2 Å². The molecule has 0 bridgehead atoms. The zero-order chi connectivity index (χ0) is 21.6. The lowest BCUT2D eigenvalue weighted by Crippen LogP contribution is -2.31. The third kappa shape index (κ3) is 3.21. The van der Waals surface area contributed by atoms with E-state index in [-0.39, 0.29) is 11.1 Å². The number of amides is 1. The highest BCUT2D eigenvalue weighted by atomic mass is 32.1. The minimum absolute atomic E-state index is 0.138. The lowest BCUT2D eigenvalue weighted by molar-refractivity contribution is -0.117. The molecule has 1 unspecified atom stereocenters. The van der Waals surface area contributed by atoms with Crippen molar-refractivity contribution in [2.45, 2.75) is 26.8 Å². The summed E-state index contributed by atoms with van der Waals surface area (Å²) in [6.07, 6.45) is 0. The summed E-state index contributed by atoms with van der Waals surface area (Å²) in [4.78, 5) is 32.4. The molecule has 5 nitrogen and oxygen atoms in total. The summed E-state index contributed by atoms with van der Waals surface area (Å²) in [5, 5.41) is 11.4. The van der Waals surface area contributed by atoms with Crippen LogP contribution in [0.15, 0.2) is 59.9 Å². The van der Waals surface area contributed by atoms with Gasteiger partial charge in [0.25, 0.3) is 5.91 Å². The van der Waals surface area contributed by atoms with Crippen LogP contribution in [0.2, 0.25) is 0 Å². The number of aryl methyl sites for hydroxylation is 3. The van der Waals surface area contributed by atoms with Gasteiger partial charge in [-0.05, 0) is 44.5 Å². The van der Waals surface area contributed by atoms with Crippen LogP contribution in [0.5, 0.6) is 0 Å². The maximum absolute atomic E-state index is 14.8. The summed E-state index contributed by atoms with van der Waals surface area (Å²) < 4.78 is 14.8. The average Bonchev–Trinajstić information content (AvgIpc) is 3.17. The first-order chi connectivity index (χ1) is 14.3. The molecule has 1 aliphatic heterocycles. The lowest BCUT2D eigenvalue weighted by Gasteiger charge is -2.27. The van der Waals surface area contributed by atoms with E-state index in [1.807, 2.05) is 13.0 Å². The molecule has 1 N–H and O–H groups in total. The number of nitrogens with zero attached hydrogens (tertiary/aromatic N) is 2. The van der Waals surface area contributed by atoms with E-state index in [9.17, 15) is 19.1 Å². The molecule has 0 fully saturated rings. The highest BCUT2D eigenvalue weighted by molar-refractivity contribution is 7.14. The Labute approximate surface area is 177 Å². The molecule has 30 heavy (non-hydrogen) atoms. The summed E-state index contributed by atoms with van der Waals surface area (Å²) in [5.41, 5.74) is 1.87. The number of aliphatic hydroxyl groups is 1. The van der Waals surface area contributed by atoms with Gasteiger partial charge >= 0.3 is 0 Å². The van der Waals surface area contributed by atoms with E-state index in [0.29, 0.717) is 21.3 Å². The fourth-order valence-electron chi connectivity index (χ4n) is 3.74. The molecule has 3 aromatic rings. The van der Waals surface area contributed by atoms with E-state index in [1.54, 1.807) is 38.1 Å². The summed E-state index contributed by atoms with van der Waals surface area (Å²) >= 11 is 1.18. The number of carbonyl (C=O) groups is 2. The Bertz CT molecular complexity index is 1210. The summed E-state index contributed by atoms with van der Waals surface area (Å²) in [7, 11) is 0. The van der Waals surface area contributed by atoms with Gasteiger partial charge in [0.2, 0.25) is 5.78 Å². The third-order valence-corrected chi connectivity index (χ3v) is 6.11. The largest absolute Gasteiger partial charge is 0.503 e. The number of hydrogen-bond donors (Lipinski definition) is 1. The van der Waals surface area contributed by atoms with Crippen LogP contribution >= 0.6 is 11.3 Å². The van der Waals surface area contributed by atoms with Crippen LogP contribution in [0.4, 0.5) is 10.1 Å². The van der Waals surface area contributed by atoms with Crippen LogP contribution < -0.4 is 4.90 Å². The predicted molar refractivity (Wildman–Crippen MR) is 113 cm³/mol. The van der Waals surface area contributed by atoms with Gasteiger partial charge in [0.1, 0.15) is 5.82 Å². The third-order valence-electron chi connectivity index (χ3n) is 5.04. The standard InChI is InChI=1S/C23H19FN2O3S/c1-12-7-6-8-15(11-12)26-19(16-9-4-5-10-17(16)24)18(21(28)23(26)29)20(27)22-13(2)25-14(3)30-22/h4-11,19,28H,1-3H3. The summed E-state index contributed by atoms with van der Waals surface area (Å²) in [5.74, 6) is -2.49. The van der Waals surface area contributed by atoms with E-state index in [2.05, 4.69) is 4.98 Å². The van der Waals surface area contributed by atoms with Crippen molar-refractivity contribution in [3.63, 3.8) is 0 Å². The van der Waals surface area contributed by atoms with Crippen molar-refractivity contribution >= 4 is 28.7 Å². The molecule has 0 radical (unpaired) electrons. The van der Waals surface area contributed by atoms with Gasteiger partial charge < -0.3 is 5.11 Å². The second-order valence-corrected chi connectivity index (χ2v) is 8.38. The highest BCUT2D eigenvalue weighted by Crippen LogP contribution is 2.43. The van der Waals surface area contributed by atoms with Crippen molar-refractivity contribution in [1.29, 1.82) is 0 Å². The van der Waals surface area contributed by atoms with Gasteiger partial charge in [-0.15, -0.1) is 11.3 Å². The van der Waals surface area contributed by atoms with E-state index in [1.165, 1.54) is 34.4 Å². The first-order valence-corrected chi connectivity index (χ1v) is 10.2. The Kier molecular flexibility index (Phi) is 4.99. The molecule has 1 atom stereocenters. The van der Waals surface area contributed by atoms with Crippen molar-refractivity contribution in [2.75, 3.05) is 4.90 Å². The van der Waals surface area contributed by atoms with Crippen LogP contribution in [0.3, 0.4) is 0 Å². The molecule has 7 heteroatoms. The predicted octanol–water partition coefficient (Wildman–Crippen LogP) is 4.99. The SMILES string of the molecule is Cc1cccc(N2C(=O)C(O)=C(C(=O)c3sc(C)nc3C)C2c2ccccc2F)c1. The number of halogens is 1. The van der Waals surface area contributed by atoms with Crippen LogP contribution in [-0.2, 0) is 4.79 Å². The molecule has 1 aromatic heterocycles. The topological polar surface area (TPSA) is 70.5 Å². The molecule has 2 heterocycles. The van der Waals surface area contributed by atoms with Gasteiger partial charge in [-0.2, -0.15) is 0 Å². The monoisotopic (exact) mass is 422 g/mol. The number of aromatic nitrogens is 1. The van der Waals surface area contributed by atoms with E-state index in [0.717, 1.165) is 5.56 Å². The number of thiazole rings is 1. The molecule has 4 rings (SSSR count). The van der Waals surface area contributed by atoms with Crippen LogP contribution in [-0.4, -0.2) is 21.8 Å². The Morgan fingerprint density at radius 1 is 1.13 bits per heavy atom. The van der Waals surface area contributed by atoms with Crippen molar-refractivity contribution in [3.05, 3.63) is 92.4 Å². The molecule has 2 aromatic carbocycles. The Hall–Kier alpha value is -3.32. The lowest BCUT2D eigenvalue weighted by atomic mass is 9.94. The van der Waals surface area contributed by atoms with E-state index in [4.69, 9.17) is 0 Å². The number of carbonyl (C=O) groups excluding carboxylic acids is 2. The normalized spacial score (nSPS) is 16.5. The van der Waals surface area contributed by atoms with Gasteiger partial charge in [0.15, 0.2) is 5.76 Å². The molecule has 0 saturated carbocycles. The number of Topliss-reactive ketones (excluding diaryl/α,β-unsaturated/α-hetero) is 1. The maximum atomic E-state index is 14.8. The Morgan fingerprint density at radius 3 is 2.50 bits per heavy atom. The molecule has 152 valence electrons. The number of ketones is 1. The molecule has 0 spiro atoms. The summed E-state index contributed by atoms with van der Waals surface area (Å²) in [6.45, 7) is 5.34. The fourth-order valence-corrected chi connectivity index (χ4v) is 4.61. The highest BCUT2D eigenvalue weighted by Gasteiger charge is 2.46. The van der Waals surface area contributed by atoms with Crippen molar-refractivity contribution in [2.24, 2.45) is 0 Å². The van der Waals surface area contributed by atoms with E-state index >= 15 is 0 Å². The molecule has 1 amide bonds. The van der Waals surface area contributed by atoms with E-state index < -0.39 is 29.3 Å². The Morgan fingerprint density at radius 2 is 1.87 bits per heavy atom. The smallest absolute Gasteiger partial charge is 0.294 e. The minimum Gasteiger partial charge on any atom is -0.503 e. The second kappa shape index (κ2) is 7.50. The number of anilines is 1. The number of rotatable bonds is 4. The van der Waals surface area contributed by atoms with Crippen molar-refractivity contribution in [3.8, 4) is 0 Å². The zero-order valence-electron chi connectivity index (χ0n) is 16.6. The summed E-state index contributed by atoms with van der Waals surface area (Å²) in [6, 6.07) is 12.0. The molecule has 1 aliphatic rings. The number of benzene rings is 2. The van der Waals surface area contributed by atoms with Crippen LogP contribution in [0, 0.1) is 26.6 Å². The van der Waals surface area contributed by atoms with Gasteiger partial charge in [-0.3, -0.25) is 14.5 Å². The quantitative estimate of drug-likeness (QED) is 0.602. The van der Waals surface area contributed by atoms with Crippen LogP contribution in [0.25, 0.3) is 0 Å². The number of hydrogen-bond acceptors (Lipinski definition) is 5. The molecular weight excluding hydrogens is 403 g/mol. The number of aliphatic hydroxyl groups excluding tert-OH is 1.